The number of H-pyrrole nitrogens is 1. The highest BCUT2D eigenvalue weighted by molar-refractivity contribution is 6.01. The van der Waals surface area contributed by atoms with Gasteiger partial charge in [0.15, 0.2) is 0 Å². The van der Waals surface area contributed by atoms with E-state index in [1.165, 1.54) is 19.2 Å². The predicted molar refractivity (Wildman–Crippen MR) is 75.0 cm³/mol. The number of rotatable bonds is 2. The first-order valence-electron chi connectivity index (χ1n) is 6.15. The Hall–Kier alpha value is -2.62. The largest absolute Gasteiger partial charge is 0.464 e. The maximum atomic E-state index is 13.0. The van der Waals surface area contributed by atoms with Gasteiger partial charge in [0.05, 0.1) is 7.11 Å². The van der Waals surface area contributed by atoms with Crippen LogP contribution in [0.4, 0.5) is 4.39 Å². The molecule has 0 bridgehead atoms. The quantitative estimate of drug-likeness (QED) is 0.720. The van der Waals surface area contributed by atoms with Gasteiger partial charge in [-0.1, -0.05) is 24.3 Å². The molecular weight excluding hydrogens is 257 g/mol. The molecule has 4 heteroatoms. The molecule has 3 nitrogen and oxygen atoms in total. The molecule has 0 saturated heterocycles. The zero-order valence-corrected chi connectivity index (χ0v) is 10.8. The number of aromatic nitrogens is 1. The van der Waals surface area contributed by atoms with Gasteiger partial charge in [0, 0.05) is 10.9 Å². The summed E-state index contributed by atoms with van der Waals surface area (Å²) < 4.78 is 17.7. The molecule has 3 aromatic rings. The van der Waals surface area contributed by atoms with E-state index in [2.05, 4.69) is 4.98 Å². The summed E-state index contributed by atoms with van der Waals surface area (Å²) in [6, 6.07) is 13.7. The molecule has 1 aromatic heterocycles. The molecule has 0 radical (unpaired) electrons. The number of hydrogen-bond donors (Lipinski definition) is 1. The third-order valence-electron chi connectivity index (χ3n) is 3.22. The van der Waals surface area contributed by atoms with E-state index in [0.717, 1.165) is 22.0 Å². The molecule has 0 aliphatic carbocycles. The minimum absolute atomic E-state index is 0.273. The molecule has 1 N–H and O–H groups in total. The molecule has 0 amide bonds. The monoisotopic (exact) mass is 269 g/mol. The van der Waals surface area contributed by atoms with Crippen LogP contribution in [0.1, 0.15) is 10.5 Å². The standard InChI is InChI=1S/C16H12FNO2/c1-20-16(19)15-9-13-12(3-2-4-14(13)18-15)10-5-7-11(17)8-6-10/h2-9,18H,1H3. The third-order valence-corrected chi connectivity index (χ3v) is 3.22. The number of benzene rings is 2. The second-order valence-electron chi connectivity index (χ2n) is 4.45. The molecule has 20 heavy (non-hydrogen) atoms. The molecule has 0 fully saturated rings. The first-order valence-corrected chi connectivity index (χ1v) is 6.15. The van der Waals surface area contributed by atoms with Crippen molar-refractivity contribution < 1.29 is 13.9 Å². The summed E-state index contributed by atoms with van der Waals surface area (Å²) in [6.45, 7) is 0. The molecule has 0 atom stereocenters. The average Bonchev–Trinajstić information content (AvgIpc) is 2.91. The molecule has 2 aromatic carbocycles. The Balaban J connectivity index is 2.18. The summed E-state index contributed by atoms with van der Waals surface area (Å²) in [7, 11) is 1.34. The second-order valence-corrected chi connectivity index (χ2v) is 4.45. The maximum absolute atomic E-state index is 13.0. The number of halogens is 1. The maximum Gasteiger partial charge on any atom is 0.354 e. The van der Waals surface area contributed by atoms with E-state index in [1.54, 1.807) is 18.2 Å². The number of carbonyl (C=O) groups excluding carboxylic acids is 1. The lowest BCUT2D eigenvalue weighted by atomic mass is 10.0. The highest BCUT2D eigenvalue weighted by Gasteiger charge is 2.12. The first kappa shape index (κ1) is 12.4. The summed E-state index contributed by atoms with van der Waals surface area (Å²) in [5.74, 6) is -0.684. The molecule has 100 valence electrons. The van der Waals surface area contributed by atoms with E-state index in [1.807, 2.05) is 18.2 Å². The fourth-order valence-electron chi connectivity index (χ4n) is 2.26. The number of fused-ring (bicyclic) bond motifs is 1. The van der Waals surface area contributed by atoms with Gasteiger partial charge < -0.3 is 9.72 Å². The van der Waals surface area contributed by atoms with Gasteiger partial charge in [0.25, 0.3) is 0 Å². The Morgan fingerprint density at radius 2 is 1.90 bits per heavy atom. The molecule has 0 unspecified atom stereocenters. The predicted octanol–water partition coefficient (Wildman–Crippen LogP) is 3.76. The molecule has 0 spiro atoms. The summed E-state index contributed by atoms with van der Waals surface area (Å²) >= 11 is 0. The van der Waals surface area contributed by atoms with Crippen LogP contribution in [0.25, 0.3) is 22.0 Å². The average molecular weight is 269 g/mol. The molecule has 0 aliphatic rings. The van der Waals surface area contributed by atoms with Crippen molar-refractivity contribution in [2.45, 2.75) is 0 Å². The molecular formula is C16H12FNO2. The van der Waals surface area contributed by atoms with Gasteiger partial charge in [-0.05, 0) is 35.4 Å². The molecule has 0 saturated carbocycles. The summed E-state index contributed by atoms with van der Waals surface area (Å²) in [5, 5.41) is 0.902. The van der Waals surface area contributed by atoms with E-state index in [9.17, 15) is 9.18 Å². The van der Waals surface area contributed by atoms with Crippen LogP contribution in [0.2, 0.25) is 0 Å². The Bertz CT molecular complexity index is 775. The number of nitrogens with one attached hydrogen (secondary N) is 1. The van der Waals surface area contributed by atoms with Crippen LogP contribution in [0.5, 0.6) is 0 Å². The normalized spacial score (nSPS) is 10.7. The van der Waals surface area contributed by atoms with Crippen molar-refractivity contribution in [2.24, 2.45) is 0 Å². The lowest BCUT2D eigenvalue weighted by Crippen LogP contribution is -2.00. The van der Waals surface area contributed by atoms with Crippen molar-refractivity contribution in [2.75, 3.05) is 7.11 Å². The van der Waals surface area contributed by atoms with Crippen LogP contribution < -0.4 is 0 Å². The Kier molecular flexibility index (Phi) is 2.99. The van der Waals surface area contributed by atoms with Crippen LogP contribution in [-0.4, -0.2) is 18.1 Å². The van der Waals surface area contributed by atoms with E-state index in [-0.39, 0.29) is 5.82 Å². The molecule has 0 aliphatic heterocycles. The summed E-state index contributed by atoms with van der Waals surface area (Å²) in [6.07, 6.45) is 0. The number of esters is 1. The van der Waals surface area contributed by atoms with Gasteiger partial charge in [0.2, 0.25) is 0 Å². The molecule has 1 heterocycles. The minimum atomic E-state index is -0.411. The Labute approximate surface area is 115 Å². The van der Waals surface area contributed by atoms with E-state index < -0.39 is 5.97 Å². The van der Waals surface area contributed by atoms with Crippen molar-refractivity contribution in [3.05, 3.63) is 60.0 Å². The summed E-state index contributed by atoms with van der Waals surface area (Å²) in [4.78, 5) is 14.6. The zero-order chi connectivity index (χ0) is 14.1. The minimum Gasteiger partial charge on any atom is -0.464 e. The zero-order valence-electron chi connectivity index (χ0n) is 10.8. The number of methoxy groups -OCH3 is 1. The fourth-order valence-corrected chi connectivity index (χ4v) is 2.26. The van der Waals surface area contributed by atoms with Crippen LogP contribution in [0, 0.1) is 5.82 Å². The van der Waals surface area contributed by atoms with Gasteiger partial charge in [0.1, 0.15) is 11.5 Å². The topological polar surface area (TPSA) is 42.1 Å². The smallest absolute Gasteiger partial charge is 0.354 e. The van der Waals surface area contributed by atoms with Crippen LogP contribution in [0.15, 0.2) is 48.5 Å². The third kappa shape index (κ3) is 2.05. The second kappa shape index (κ2) is 4.81. The van der Waals surface area contributed by atoms with Gasteiger partial charge in [-0.15, -0.1) is 0 Å². The number of ether oxygens (including phenoxy) is 1. The van der Waals surface area contributed by atoms with Crippen molar-refractivity contribution in [3.63, 3.8) is 0 Å². The lowest BCUT2D eigenvalue weighted by Gasteiger charge is -2.03. The Morgan fingerprint density at radius 1 is 1.15 bits per heavy atom. The SMILES string of the molecule is COC(=O)c1cc2c(-c3ccc(F)cc3)cccc2[nH]1. The van der Waals surface area contributed by atoms with Crippen LogP contribution in [-0.2, 0) is 4.74 Å². The lowest BCUT2D eigenvalue weighted by molar-refractivity contribution is 0.0595. The van der Waals surface area contributed by atoms with Gasteiger partial charge in [-0.3, -0.25) is 0 Å². The highest BCUT2D eigenvalue weighted by Crippen LogP contribution is 2.29. The summed E-state index contributed by atoms with van der Waals surface area (Å²) in [5.41, 5.74) is 3.07. The van der Waals surface area contributed by atoms with Gasteiger partial charge in [-0.25, -0.2) is 9.18 Å². The van der Waals surface area contributed by atoms with Crippen LogP contribution in [0.3, 0.4) is 0 Å². The van der Waals surface area contributed by atoms with Crippen molar-refractivity contribution in [1.82, 2.24) is 4.98 Å². The van der Waals surface area contributed by atoms with E-state index >= 15 is 0 Å². The van der Waals surface area contributed by atoms with E-state index in [4.69, 9.17) is 4.74 Å². The van der Waals surface area contributed by atoms with Gasteiger partial charge in [-0.2, -0.15) is 0 Å². The van der Waals surface area contributed by atoms with Crippen molar-refractivity contribution >= 4 is 16.9 Å². The van der Waals surface area contributed by atoms with Crippen molar-refractivity contribution in [1.29, 1.82) is 0 Å². The molecule has 3 rings (SSSR count). The number of carbonyl (C=O) groups is 1. The number of aromatic amines is 1. The van der Waals surface area contributed by atoms with Crippen LogP contribution >= 0.6 is 0 Å². The highest BCUT2D eigenvalue weighted by atomic mass is 19.1. The Morgan fingerprint density at radius 3 is 2.60 bits per heavy atom. The van der Waals surface area contributed by atoms with E-state index in [0.29, 0.717) is 5.69 Å². The number of hydrogen-bond acceptors (Lipinski definition) is 2. The van der Waals surface area contributed by atoms with Crippen molar-refractivity contribution in [3.8, 4) is 11.1 Å². The fraction of sp³-hybridized carbons (Fsp3) is 0.0625. The first-order chi connectivity index (χ1) is 9.69. The van der Waals surface area contributed by atoms with Gasteiger partial charge >= 0.3 is 5.97 Å².